The number of nitrogens with two attached hydrogens (primary N) is 1. The van der Waals surface area contributed by atoms with Crippen molar-refractivity contribution in [1.82, 2.24) is 5.32 Å². The number of rotatable bonds is 3. The zero-order chi connectivity index (χ0) is 14.6. The van der Waals surface area contributed by atoms with Crippen molar-refractivity contribution in [1.29, 1.82) is 0 Å². The van der Waals surface area contributed by atoms with Gasteiger partial charge in [0.25, 0.3) is 0 Å². The van der Waals surface area contributed by atoms with E-state index >= 15 is 0 Å². The third kappa shape index (κ3) is 5.68. The molecular weight excluding hydrogens is 287 g/mol. The Morgan fingerprint density at radius 2 is 1.84 bits per heavy atom. The summed E-state index contributed by atoms with van der Waals surface area (Å²) in [6, 6.07) is 4.64. The van der Waals surface area contributed by atoms with E-state index in [1.165, 1.54) is 0 Å². The molecule has 1 rings (SSSR count). The van der Waals surface area contributed by atoms with E-state index in [2.05, 4.69) is 5.32 Å². The Bertz CT molecular complexity index is 438. The standard InChI is InChI=1S/C13H18Cl2N2O2/c1-13(2,3)19-12(18)17-11(7-16)8-4-9(14)6-10(15)5-8/h4-6,11H,7,16H2,1-3H3,(H,17,18). The van der Waals surface area contributed by atoms with Gasteiger partial charge in [-0.1, -0.05) is 23.2 Å². The lowest BCUT2D eigenvalue weighted by Crippen LogP contribution is -2.37. The van der Waals surface area contributed by atoms with Crippen LogP contribution in [0.5, 0.6) is 0 Å². The van der Waals surface area contributed by atoms with Crippen LogP contribution < -0.4 is 11.1 Å². The number of carbonyl (C=O) groups excluding carboxylic acids is 1. The normalized spacial score (nSPS) is 12.9. The van der Waals surface area contributed by atoms with E-state index in [9.17, 15) is 4.79 Å². The van der Waals surface area contributed by atoms with Crippen molar-refractivity contribution in [2.24, 2.45) is 5.73 Å². The number of ether oxygens (including phenoxy) is 1. The van der Waals surface area contributed by atoms with Crippen LogP contribution in [0, 0.1) is 0 Å². The number of amides is 1. The van der Waals surface area contributed by atoms with E-state index in [0.717, 1.165) is 5.56 Å². The lowest BCUT2D eigenvalue weighted by Gasteiger charge is -2.23. The fourth-order valence-corrected chi connectivity index (χ4v) is 2.05. The van der Waals surface area contributed by atoms with Gasteiger partial charge >= 0.3 is 6.09 Å². The number of hydrogen-bond acceptors (Lipinski definition) is 3. The highest BCUT2D eigenvalue weighted by Gasteiger charge is 2.20. The Labute approximate surface area is 123 Å². The predicted molar refractivity (Wildman–Crippen MR) is 77.6 cm³/mol. The molecule has 4 nitrogen and oxygen atoms in total. The van der Waals surface area contributed by atoms with Gasteiger partial charge in [-0.2, -0.15) is 0 Å². The summed E-state index contributed by atoms with van der Waals surface area (Å²) in [5, 5.41) is 3.68. The van der Waals surface area contributed by atoms with Gasteiger partial charge in [0.2, 0.25) is 0 Å². The number of carbonyl (C=O) groups is 1. The van der Waals surface area contributed by atoms with Crippen molar-refractivity contribution in [3.8, 4) is 0 Å². The molecule has 3 N–H and O–H groups in total. The molecule has 0 radical (unpaired) electrons. The summed E-state index contributed by atoms with van der Waals surface area (Å²) in [4.78, 5) is 11.7. The minimum Gasteiger partial charge on any atom is -0.444 e. The molecule has 0 bridgehead atoms. The molecule has 1 amide bonds. The molecule has 0 heterocycles. The van der Waals surface area contributed by atoms with Crippen LogP contribution in [0.3, 0.4) is 0 Å². The predicted octanol–water partition coefficient (Wildman–Crippen LogP) is 3.52. The van der Waals surface area contributed by atoms with Gasteiger partial charge in [0.15, 0.2) is 0 Å². The van der Waals surface area contributed by atoms with E-state index in [1.54, 1.807) is 39.0 Å². The molecule has 1 aromatic rings. The Morgan fingerprint density at radius 1 is 1.32 bits per heavy atom. The maximum absolute atomic E-state index is 11.7. The van der Waals surface area contributed by atoms with Gasteiger partial charge in [0.05, 0.1) is 6.04 Å². The molecule has 6 heteroatoms. The van der Waals surface area contributed by atoms with E-state index in [4.69, 9.17) is 33.7 Å². The molecule has 1 unspecified atom stereocenters. The van der Waals surface area contributed by atoms with Crippen molar-refractivity contribution in [2.45, 2.75) is 32.4 Å². The summed E-state index contributed by atoms with van der Waals surface area (Å²) in [6.45, 7) is 5.59. The van der Waals surface area contributed by atoms with Crippen LogP contribution in [-0.2, 0) is 4.74 Å². The van der Waals surface area contributed by atoms with E-state index < -0.39 is 17.7 Å². The fourth-order valence-electron chi connectivity index (χ4n) is 1.50. The first-order valence-electron chi connectivity index (χ1n) is 5.87. The molecule has 106 valence electrons. The number of benzene rings is 1. The van der Waals surface area contributed by atoms with Gasteiger partial charge in [-0.05, 0) is 44.5 Å². The van der Waals surface area contributed by atoms with Gasteiger partial charge in [-0.15, -0.1) is 0 Å². The van der Waals surface area contributed by atoms with Crippen LogP contribution >= 0.6 is 23.2 Å². The molecule has 1 aromatic carbocycles. The third-order valence-corrected chi connectivity index (χ3v) is 2.65. The van der Waals surface area contributed by atoms with Crippen molar-refractivity contribution >= 4 is 29.3 Å². The van der Waals surface area contributed by atoms with Gasteiger partial charge in [0, 0.05) is 16.6 Å². The SMILES string of the molecule is CC(C)(C)OC(=O)NC(CN)c1cc(Cl)cc(Cl)c1. The second kappa shape index (κ2) is 6.46. The number of alkyl carbamates (subject to hydrolysis) is 1. The van der Waals surface area contributed by atoms with Crippen molar-refractivity contribution in [2.75, 3.05) is 6.54 Å². The quantitative estimate of drug-likeness (QED) is 0.898. The smallest absolute Gasteiger partial charge is 0.408 e. The second-order valence-corrected chi connectivity index (χ2v) is 6.01. The highest BCUT2D eigenvalue weighted by atomic mass is 35.5. The topological polar surface area (TPSA) is 64.3 Å². The van der Waals surface area contributed by atoms with Crippen molar-refractivity contribution < 1.29 is 9.53 Å². The molecule has 0 aliphatic carbocycles. The van der Waals surface area contributed by atoms with E-state index in [1.807, 2.05) is 0 Å². The Morgan fingerprint density at radius 3 is 2.26 bits per heavy atom. The van der Waals surface area contributed by atoms with Gasteiger partial charge in [-0.3, -0.25) is 0 Å². The lowest BCUT2D eigenvalue weighted by atomic mass is 10.1. The molecule has 0 spiro atoms. The van der Waals surface area contributed by atoms with Crippen LogP contribution in [0.15, 0.2) is 18.2 Å². The average molecular weight is 305 g/mol. The van der Waals surface area contributed by atoms with Gasteiger partial charge in [0.1, 0.15) is 5.60 Å². The summed E-state index contributed by atoms with van der Waals surface area (Å²) in [6.07, 6.45) is -0.529. The molecule has 19 heavy (non-hydrogen) atoms. The second-order valence-electron chi connectivity index (χ2n) is 5.14. The maximum atomic E-state index is 11.7. The minimum atomic E-state index is -0.560. The molecule has 0 fully saturated rings. The first-order chi connectivity index (χ1) is 8.71. The zero-order valence-corrected chi connectivity index (χ0v) is 12.7. The van der Waals surface area contributed by atoms with Crippen LogP contribution in [0.2, 0.25) is 10.0 Å². The summed E-state index contributed by atoms with van der Waals surface area (Å²) < 4.78 is 5.18. The highest BCUT2D eigenvalue weighted by molar-refractivity contribution is 6.34. The number of hydrogen-bond donors (Lipinski definition) is 2. The van der Waals surface area contributed by atoms with E-state index in [0.29, 0.717) is 10.0 Å². The van der Waals surface area contributed by atoms with E-state index in [-0.39, 0.29) is 6.54 Å². The fraction of sp³-hybridized carbons (Fsp3) is 0.462. The molecule has 0 aliphatic rings. The van der Waals surface area contributed by atoms with Crippen LogP contribution in [-0.4, -0.2) is 18.2 Å². The highest BCUT2D eigenvalue weighted by Crippen LogP contribution is 2.23. The molecule has 0 aromatic heterocycles. The summed E-state index contributed by atoms with van der Waals surface area (Å²) in [5.74, 6) is 0. The first kappa shape index (κ1) is 16.1. The Kier molecular flexibility index (Phi) is 5.47. The number of halogens is 2. The summed E-state index contributed by atoms with van der Waals surface area (Å²) in [5.41, 5.74) is 5.84. The van der Waals surface area contributed by atoms with Crippen molar-refractivity contribution in [3.63, 3.8) is 0 Å². The van der Waals surface area contributed by atoms with Gasteiger partial charge in [-0.25, -0.2) is 4.79 Å². The maximum Gasteiger partial charge on any atom is 0.408 e. The zero-order valence-electron chi connectivity index (χ0n) is 11.2. The minimum absolute atomic E-state index is 0.218. The molecule has 0 saturated carbocycles. The number of nitrogens with one attached hydrogen (secondary N) is 1. The largest absolute Gasteiger partial charge is 0.444 e. The van der Waals surface area contributed by atoms with Crippen molar-refractivity contribution in [3.05, 3.63) is 33.8 Å². The summed E-state index contributed by atoms with van der Waals surface area (Å²) >= 11 is 11.8. The monoisotopic (exact) mass is 304 g/mol. The van der Waals surface area contributed by atoms with Gasteiger partial charge < -0.3 is 15.8 Å². The Hall–Kier alpha value is -0.970. The van der Waals surface area contributed by atoms with Crippen LogP contribution in [0.1, 0.15) is 32.4 Å². The molecule has 0 aliphatic heterocycles. The molecular formula is C13H18Cl2N2O2. The average Bonchev–Trinajstić information content (AvgIpc) is 2.21. The first-order valence-corrected chi connectivity index (χ1v) is 6.62. The molecule has 1 atom stereocenters. The third-order valence-electron chi connectivity index (χ3n) is 2.21. The molecule has 0 saturated heterocycles. The Balaban J connectivity index is 2.81. The lowest BCUT2D eigenvalue weighted by molar-refractivity contribution is 0.0505. The summed E-state index contributed by atoms with van der Waals surface area (Å²) in [7, 11) is 0. The van der Waals surface area contributed by atoms with Crippen LogP contribution in [0.25, 0.3) is 0 Å². The van der Waals surface area contributed by atoms with Crippen LogP contribution in [0.4, 0.5) is 4.79 Å².